The third-order valence-corrected chi connectivity index (χ3v) is 2.61. The van der Waals surface area contributed by atoms with Crippen molar-refractivity contribution in [2.45, 2.75) is 19.1 Å². The minimum atomic E-state index is -1.10. The van der Waals surface area contributed by atoms with E-state index in [4.69, 9.17) is 9.84 Å². The number of likely N-dealkylation sites (N-methyl/N-ethyl adjacent to an activating group) is 1. The van der Waals surface area contributed by atoms with Crippen LogP contribution in [0.3, 0.4) is 0 Å². The van der Waals surface area contributed by atoms with Crippen LogP contribution in [0.5, 0.6) is 0 Å². The second kappa shape index (κ2) is 6.20. The van der Waals surface area contributed by atoms with Crippen molar-refractivity contribution in [3.05, 3.63) is 0 Å². The number of carbonyl (C=O) groups is 3. The molecule has 0 aromatic carbocycles. The second-order valence-corrected chi connectivity index (χ2v) is 3.93. The zero-order valence-corrected chi connectivity index (χ0v) is 10.3. The number of carboxylic acids is 1. The predicted molar refractivity (Wildman–Crippen MR) is 61.0 cm³/mol. The maximum absolute atomic E-state index is 11.8. The van der Waals surface area contributed by atoms with Crippen molar-refractivity contribution in [1.82, 2.24) is 15.5 Å². The fourth-order valence-electron chi connectivity index (χ4n) is 1.54. The van der Waals surface area contributed by atoms with Crippen LogP contribution in [0.15, 0.2) is 0 Å². The lowest BCUT2D eigenvalue weighted by atomic mass is 10.2. The van der Waals surface area contributed by atoms with Gasteiger partial charge < -0.3 is 25.4 Å². The molecule has 8 heteroatoms. The van der Waals surface area contributed by atoms with E-state index in [0.29, 0.717) is 6.54 Å². The first kappa shape index (κ1) is 14.2. The Labute approximate surface area is 104 Å². The highest BCUT2D eigenvalue weighted by atomic mass is 16.5. The largest absolute Gasteiger partial charge is 0.479 e. The van der Waals surface area contributed by atoms with Crippen LogP contribution in [0.25, 0.3) is 0 Å². The van der Waals surface area contributed by atoms with Crippen molar-refractivity contribution >= 4 is 17.9 Å². The molecule has 0 spiro atoms. The van der Waals surface area contributed by atoms with Gasteiger partial charge in [-0.3, -0.25) is 4.79 Å². The van der Waals surface area contributed by atoms with Crippen LogP contribution in [0.2, 0.25) is 0 Å². The lowest BCUT2D eigenvalue weighted by molar-refractivity contribution is -0.154. The summed E-state index contributed by atoms with van der Waals surface area (Å²) in [4.78, 5) is 35.1. The standard InChI is InChI=1S/C10H17N3O5/c1-6(8(14)11-2)12-10(17)13-3-4-18-7(5-13)9(15)16/h6-7H,3-5H2,1-2H3,(H,11,14)(H,12,17)(H,15,16). The van der Waals surface area contributed by atoms with Crippen LogP contribution in [-0.4, -0.2) is 66.8 Å². The lowest BCUT2D eigenvalue weighted by Gasteiger charge is -2.31. The molecule has 0 aromatic rings. The predicted octanol–water partition coefficient (Wildman–Crippen LogP) is -1.38. The van der Waals surface area contributed by atoms with Gasteiger partial charge in [-0.25, -0.2) is 9.59 Å². The van der Waals surface area contributed by atoms with Crippen LogP contribution >= 0.6 is 0 Å². The van der Waals surface area contributed by atoms with Gasteiger partial charge in [0.15, 0.2) is 6.10 Å². The van der Waals surface area contributed by atoms with Crippen molar-refractivity contribution in [2.24, 2.45) is 0 Å². The number of aliphatic carboxylic acids is 1. The molecule has 102 valence electrons. The molecule has 18 heavy (non-hydrogen) atoms. The van der Waals surface area contributed by atoms with Gasteiger partial charge in [0.25, 0.3) is 0 Å². The molecule has 3 N–H and O–H groups in total. The van der Waals surface area contributed by atoms with E-state index in [0.717, 1.165) is 0 Å². The van der Waals surface area contributed by atoms with Crippen molar-refractivity contribution < 1.29 is 24.2 Å². The third kappa shape index (κ3) is 3.59. The summed E-state index contributed by atoms with van der Waals surface area (Å²) in [5, 5.41) is 13.7. The monoisotopic (exact) mass is 259 g/mol. The number of nitrogens with one attached hydrogen (secondary N) is 2. The van der Waals surface area contributed by atoms with E-state index >= 15 is 0 Å². The Morgan fingerprint density at radius 2 is 2.11 bits per heavy atom. The number of carbonyl (C=O) groups excluding carboxylic acids is 2. The first-order valence-corrected chi connectivity index (χ1v) is 5.57. The van der Waals surface area contributed by atoms with Crippen LogP contribution < -0.4 is 10.6 Å². The van der Waals surface area contributed by atoms with Crippen LogP contribution in [0, 0.1) is 0 Å². The molecule has 0 radical (unpaired) electrons. The molecule has 1 saturated heterocycles. The Hall–Kier alpha value is -1.83. The van der Waals surface area contributed by atoms with Crippen molar-refractivity contribution in [3.63, 3.8) is 0 Å². The van der Waals surface area contributed by atoms with Crippen LogP contribution in [0.1, 0.15) is 6.92 Å². The molecule has 0 saturated carbocycles. The van der Waals surface area contributed by atoms with Gasteiger partial charge in [-0.1, -0.05) is 0 Å². The molecular formula is C10H17N3O5. The zero-order chi connectivity index (χ0) is 13.7. The van der Waals surface area contributed by atoms with E-state index in [-0.39, 0.29) is 19.1 Å². The topological polar surface area (TPSA) is 108 Å². The Kier molecular flexibility index (Phi) is 4.90. The number of hydrogen-bond donors (Lipinski definition) is 3. The van der Waals surface area contributed by atoms with Gasteiger partial charge in [-0.05, 0) is 6.92 Å². The molecule has 1 fully saturated rings. The summed E-state index contributed by atoms with van der Waals surface area (Å²) >= 11 is 0. The summed E-state index contributed by atoms with van der Waals surface area (Å²) in [5.41, 5.74) is 0. The molecule has 1 aliphatic heterocycles. The molecule has 1 aliphatic rings. The Balaban J connectivity index is 2.51. The summed E-state index contributed by atoms with van der Waals surface area (Å²) < 4.78 is 4.99. The lowest BCUT2D eigenvalue weighted by Crippen LogP contribution is -2.55. The molecule has 0 bridgehead atoms. The van der Waals surface area contributed by atoms with Gasteiger partial charge >= 0.3 is 12.0 Å². The van der Waals surface area contributed by atoms with E-state index in [9.17, 15) is 14.4 Å². The number of amides is 3. The molecule has 0 aliphatic carbocycles. The van der Waals surface area contributed by atoms with Crippen LogP contribution in [0.4, 0.5) is 4.79 Å². The van der Waals surface area contributed by atoms with E-state index in [1.165, 1.54) is 11.9 Å². The smallest absolute Gasteiger partial charge is 0.334 e. The summed E-state index contributed by atoms with van der Waals surface area (Å²) in [6, 6.07) is -1.14. The highest BCUT2D eigenvalue weighted by molar-refractivity contribution is 5.86. The van der Waals surface area contributed by atoms with Gasteiger partial charge in [-0.2, -0.15) is 0 Å². The number of rotatable bonds is 3. The first-order valence-electron chi connectivity index (χ1n) is 5.57. The summed E-state index contributed by atoms with van der Waals surface area (Å²) in [6.07, 6.45) is -1.01. The molecule has 1 rings (SSSR count). The van der Waals surface area contributed by atoms with E-state index in [2.05, 4.69) is 10.6 Å². The normalized spacial score (nSPS) is 21.0. The number of morpholine rings is 1. The molecular weight excluding hydrogens is 242 g/mol. The number of urea groups is 1. The van der Waals surface area contributed by atoms with Crippen LogP contribution in [-0.2, 0) is 14.3 Å². The molecule has 3 amide bonds. The maximum atomic E-state index is 11.8. The van der Waals surface area contributed by atoms with Gasteiger partial charge in [-0.15, -0.1) is 0 Å². The second-order valence-electron chi connectivity index (χ2n) is 3.93. The number of ether oxygens (including phenoxy) is 1. The fraction of sp³-hybridized carbons (Fsp3) is 0.700. The maximum Gasteiger partial charge on any atom is 0.334 e. The Bertz CT molecular complexity index is 346. The quantitative estimate of drug-likeness (QED) is 0.578. The average molecular weight is 259 g/mol. The SMILES string of the molecule is CNC(=O)C(C)NC(=O)N1CCOC(C(=O)O)C1. The van der Waals surface area contributed by atoms with Gasteiger partial charge in [0.2, 0.25) is 5.91 Å². The van der Waals surface area contributed by atoms with Gasteiger partial charge in [0.05, 0.1) is 13.2 Å². The minimum absolute atomic E-state index is 0.0262. The molecule has 2 atom stereocenters. The molecule has 0 aromatic heterocycles. The van der Waals surface area contributed by atoms with E-state index in [1.54, 1.807) is 6.92 Å². The molecule has 8 nitrogen and oxygen atoms in total. The number of nitrogens with zero attached hydrogens (tertiary/aromatic N) is 1. The number of hydrogen-bond acceptors (Lipinski definition) is 4. The highest BCUT2D eigenvalue weighted by Gasteiger charge is 2.29. The first-order chi connectivity index (χ1) is 8.45. The van der Waals surface area contributed by atoms with Crippen molar-refractivity contribution in [1.29, 1.82) is 0 Å². The summed E-state index contributed by atoms with van der Waals surface area (Å²) in [5.74, 6) is -1.42. The Morgan fingerprint density at radius 1 is 1.44 bits per heavy atom. The Morgan fingerprint density at radius 3 is 2.67 bits per heavy atom. The fourth-order valence-corrected chi connectivity index (χ4v) is 1.54. The summed E-state index contributed by atoms with van der Waals surface area (Å²) in [6.45, 7) is 1.99. The van der Waals surface area contributed by atoms with E-state index < -0.39 is 24.1 Å². The van der Waals surface area contributed by atoms with Crippen molar-refractivity contribution in [2.75, 3.05) is 26.7 Å². The molecule has 1 heterocycles. The number of carboxylic acid groups (broad SMARTS) is 1. The minimum Gasteiger partial charge on any atom is -0.479 e. The highest BCUT2D eigenvalue weighted by Crippen LogP contribution is 2.05. The van der Waals surface area contributed by atoms with E-state index in [1.807, 2.05) is 0 Å². The van der Waals surface area contributed by atoms with Gasteiger partial charge in [0, 0.05) is 13.6 Å². The third-order valence-electron chi connectivity index (χ3n) is 2.61. The zero-order valence-electron chi connectivity index (χ0n) is 10.3. The summed E-state index contributed by atoms with van der Waals surface area (Å²) in [7, 11) is 1.47. The molecule has 2 unspecified atom stereocenters. The van der Waals surface area contributed by atoms with Gasteiger partial charge in [0.1, 0.15) is 6.04 Å². The average Bonchev–Trinajstić information content (AvgIpc) is 2.37. The van der Waals surface area contributed by atoms with Crippen molar-refractivity contribution in [3.8, 4) is 0 Å².